The quantitative estimate of drug-likeness (QED) is 0.702. The van der Waals surface area contributed by atoms with Gasteiger partial charge in [0.2, 0.25) is 5.88 Å². The number of pyridine rings is 1. The third-order valence-corrected chi connectivity index (χ3v) is 3.43. The topological polar surface area (TPSA) is 51.2 Å². The van der Waals surface area contributed by atoms with Gasteiger partial charge in [0.05, 0.1) is 5.56 Å². The first-order valence-corrected chi connectivity index (χ1v) is 7.59. The fourth-order valence-electron chi connectivity index (χ4n) is 2.13. The molecule has 0 bridgehead atoms. The van der Waals surface area contributed by atoms with Gasteiger partial charge in [0.15, 0.2) is 0 Å². The van der Waals surface area contributed by atoms with Crippen LogP contribution in [0, 0.1) is 0 Å². The lowest BCUT2D eigenvalue weighted by atomic mass is 10.2. The Kier molecular flexibility index (Phi) is 4.88. The first kappa shape index (κ1) is 17.5. The summed E-state index contributed by atoms with van der Waals surface area (Å²) in [6, 6.07) is 17.2. The molecule has 3 rings (SSSR count). The van der Waals surface area contributed by atoms with Gasteiger partial charge in [0.1, 0.15) is 5.75 Å². The van der Waals surface area contributed by atoms with Crippen LogP contribution in [0.2, 0.25) is 0 Å². The fourth-order valence-corrected chi connectivity index (χ4v) is 2.13. The maximum atomic E-state index is 12.5. The highest BCUT2D eigenvalue weighted by molar-refractivity contribution is 6.04. The van der Waals surface area contributed by atoms with Crippen molar-refractivity contribution < 1.29 is 22.7 Å². The van der Waals surface area contributed by atoms with Crippen molar-refractivity contribution in [2.75, 3.05) is 5.32 Å². The molecule has 1 aromatic heterocycles. The molecule has 1 N–H and O–H groups in total. The number of benzene rings is 2. The van der Waals surface area contributed by atoms with E-state index in [9.17, 15) is 18.0 Å². The van der Waals surface area contributed by atoms with Crippen LogP contribution in [0.4, 0.5) is 18.9 Å². The minimum Gasteiger partial charge on any atom is -0.439 e. The van der Waals surface area contributed by atoms with E-state index in [0.29, 0.717) is 23.2 Å². The van der Waals surface area contributed by atoms with Gasteiger partial charge < -0.3 is 10.1 Å². The van der Waals surface area contributed by atoms with Crippen LogP contribution >= 0.6 is 0 Å². The lowest BCUT2D eigenvalue weighted by molar-refractivity contribution is -0.137. The number of hydrogen-bond acceptors (Lipinski definition) is 3. The summed E-state index contributed by atoms with van der Waals surface area (Å²) in [5.74, 6) is 0.178. The average Bonchev–Trinajstić information content (AvgIpc) is 2.64. The van der Waals surface area contributed by atoms with E-state index in [1.54, 1.807) is 48.5 Å². The van der Waals surface area contributed by atoms with Crippen LogP contribution in [0.15, 0.2) is 72.9 Å². The van der Waals surface area contributed by atoms with Crippen LogP contribution in [-0.4, -0.2) is 10.9 Å². The standard InChI is InChI=1S/C19H13F3N2O2/c20-19(21,22)14-6-11-17(23-12-14)26-16-9-7-15(8-10-16)24-18(25)13-4-2-1-3-5-13/h1-12H,(H,24,25). The van der Waals surface area contributed by atoms with E-state index in [1.165, 1.54) is 0 Å². The number of carbonyl (C=O) groups excluding carboxylic acids is 1. The Morgan fingerprint density at radius 1 is 0.923 bits per heavy atom. The number of nitrogens with zero attached hydrogens (tertiary/aromatic N) is 1. The molecule has 1 amide bonds. The molecule has 1 heterocycles. The van der Waals surface area contributed by atoms with Gasteiger partial charge in [-0.2, -0.15) is 13.2 Å². The van der Waals surface area contributed by atoms with Crippen LogP contribution < -0.4 is 10.1 Å². The van der Waals surface area contributed by atoms with E-state index in [-0.39, 0.29) is 11.8 Å². The zero-order chi connectivity index (χ0) is 18.6. The van der Waals surface area contributed by atoms with Gasteiger partial charge in [-0.1, -0.05) is 18.2 Å². The Hall–Kier alpha value is -3.35. The van der Waals surface area contributed by atoms with E-state index in [2.05, 4.69) is 10.3 Å². The second-order valence-corrected chi connectivity index (χ2v) is 5.33. The Bertz CT molecular complexity index is 877. The molecule has 0 aliphatic heterocycles. The molecule has 0 saturated carbocycles. The van der Waals surface area contributed by atoms with E-state index in [1.807, 2.05) is 6.07 Å². The molecular formula is C19H13F3N2O2. The zero-order valence-corrected chi connectivity index (χ0v) is 13.3. The first-order chi connectivity index (χ1) is 12.4. The Morgan fingerprint density at radius 2 is 1.62 bits per heavy atom. The maximum Gasteiger partial charge on any atom is 0.417 e. The van der Waals surface area contributed by atoms with Crippen LogP contribution in [0.3, 0.4) is 0 Å². The molecule has 0 unspecified atom stereocenters. The predicted molar refractivity (Wildman–Crippen MR) is 90.2 cm³/mol. The summed E-state index contributed by atoms with van der Waals surface area (Å²) in [7, 11) is 0. The Labute approximate surface area is 147 Å². The molecule has 3 aromatic rings. The smallest absolute Gasteiger partial charge is 0.417 e. The van der Waals surface area contributed by atoms with Gasteiger partial charge in [0, 0.05) is 23.5 Å². The SMILES string of the molecule is O=C(Nc1ccc(Oc2ccc(C(F)(F)F)cn2)cc1)c1ccccc1. The molecule has 0 aliphatic carbocycles. The van der Waals surface area contributed by atoms with Crippen LogP contribution in [0.1, 0.15) is 15.9 Å². The number of nitrogens with one attached hydrogen (secondary N) is 1. The molecule has 26 heavy (non-hydrogen) atoms. The van der Waals surface area contributed by atoms with Crippen molar-refractivity contribution in [3.8, 4) is 11.6 Å². The Morgan fingerprint density at radius 3 is 2.19 bits per heavy atom. The third-order valence-electron chi connectivity index (χ3n) is 3.43. The molecule has 0 spiro atoms. The van der Waals surface area contributed by atoms with Crippen molar-refractivity contribution in [1.82, 2.24) is 4.98 Å². The second kappa shape index (κ2) is 7.26. The van der Waals surface area contributed by atoms with Crippen LogP contribution in [-0.2, 0) is 6.18 Å². The number of anilines is 1. The lowest BCUT2D eigenvalue weighted by Crippen LogP contribution is -2.11. The normalized spacial score (nSPS) is 11.0. The molecule has 2 aromatic carbocycles. The van der Waals surface area contributed by atoms with Crippen molar-refractivity contribution in [3.05, 3.63) is 84.1 Å². The van der Waals surface area contributed by atoms with Gasteiger partial charge in [-0.05, 0) is 42.5 Å². The minimum absolute atomic E-state index is 0.0408. The monoisotopic (exact) mass is 358 g/mol. The molecule has 132 valence electrons. The highest BCUT2D eigenvalue weighted by Crippen LogP contribution is 2.30. The number of alkyl halides is 3. The largest absolute Gasteiger partial charge is 0.439 e. The summed E-state index contributed by atoms with van der Waals surface area (Å²) in [6.45, 7) is 0. The van der Waals surface area contributed by atoms with E-state index in [0.717, 1.165) is 12.1 Å². The number of carbonyl (C=O) groups is 1. The van der Waals surface area contributed by atoms with E-state index in [4.69, 9.17) is 4.74 Å². The predicted octanol–water partition coefficient (Wildman–Crippen LogP) is 5.15. The van der Waals surface area contributed by atoms with Crippen molar-refractivity contribution in [1.29, 1.82) is 0 Å². The number of ether oxygens (including phenoxy) is 1. The molecule has 7 heteroatoms. The molecule has 0 saturated heterocycles. The van der Waals surface area contributed by atoms with Gasteiger partial charge in [-0.25, -0.2) is 4.98 Å². The van der Waals surface area contributed by atoms with E-state index >= 15 is 0 Å². The van der Waals surface area contributed by atoms with Crippen LogP contribution in [0.25, 0.3) is 0 Å². The summed E-state index contributed by atoms with van der Waals surface area (Å²) in [5, 5.41) is 2.74. The molecule has 0 fully saturated rings. The molecular weight excluding hydrogens is 345 g/mol. The number of rotatable bonds is 4. The molecule has 0 radical (unpaired) electrons. The van der Waals surface area contributed by atoms with Gasteiger partial charge in [-0.3, -0.25) is 4.79 Å². The highest BCUT2D eigenvalue weighted by Gasteiger charge is 2.30. The van der Waals surface area contributed by atoms with Crippen molar-refractivity contribution in [2.45, 2.75) is 6.18 Å². The van der Waals surface area contributed by atoms with Gasteiger partial charge >= 0.3 is 6.18 Å². The first-order valence-electron chi connectivity index (χ1n) is 7.59. The molecule has 0 atom stereocenters. The lowest BCUT2D eigenvalue weighted by Gasteiger charge is -2.09. The number of aromatic nitrogens is 1. The summed E-state index contributed by atoms with van der Waals surface area (Å²) in [4.78, 5) is 15.7. The number of halogens is 3. The molecule has 4 nitrogen and oxygen atoms in total. The van der Waals surface area contributed by atoms with Crippen molar-refractivity contribution >= 4 is 11.6 Å². The maximum absolute atomic E-state index is 12.5. The highest BCUT2D eigenvalue weighted by atomic mass is 19.4. The molecule has 0 aliphatic rings. The summed E-state index contributed by atoms with van der Waals surface area (Å²) in [6.07, 6.45) is -3.73. The zero-order valence-electron chi connectivity index (χ0n) is 13.3. The average molecular weight is 358 g/mol. The number of amides is 1. The van der Waals surface area contributed by atoms with Crippen LogP contribution in [0.5, 0.6) is 11.6 Å². The summed E-state index contributed by atoms with van der Waals surface area (Å²) < 4.78 is 42.9. The minimum atomic E-state index is -4.44. The third kappa shape index (κ3) is 4.38. The van der Waals surface area contributed by atoms with Crippen molar-refractivity contribution in [3.63, 3.8) is 0 Å². The van der Waals surface area contributed by atoms with Crippen molar-refractivity contribution in [2.24, 2.45) is 0 Å². The summed E-state index contributed by atoms with van der Waals surface area (Å²) >= 11 is 0. The Balaban J connectivity index is 1.63. The second-order valence-electron chi connectivity index (χ2n) is 5.33. The fraction of sp³-hybridized carbons (Fsp3) is 0.0526. The van der Waals surface area contributed by atoms with Gasteiger partial charge in [-0.15, -0.1) is 0 Å². The number of hydrogen-bond donors (Lipinski definition) is 1. The van der Waals surface area contributed by atoms with E-state index < -0.39 is 11.7 Å². The summed E-state index contributed by atoms with van der Waals surface area (Å²) in [5.41, 5.74) is 0.247. The van der Waals surface area contributed by atoms with Gasteiger partial charge in [0.25, 0.3) is 5.91 Å².